The molecule has 6 heteroatoms. The van der Waals surface area contributed by atoms with Crippen molar-refractivity contribution < 1.29 is 50.5 Å². The monoisotopic (exact) mass is 637 g/mol. The Morgan fingerprint density at radius 1 is 1.03 bits per heavy atom. The fourth-order valence-electron chi connectivity index (χ4n) is 4.13. The van der Waals surface area contributed by atoms with Gasteiger partial charge in [-0.25, -0.2) is 0 Å². The summed E-state index contributed by atoms with van der Waals surface area (Å²) in [6.45, 7) is 9.94. The van der Waals surface area contributed by atoms with E-state index in [1.165, 1.54) is 17.0 Å². The Hall–Kier alpha value is -0.451. The van der Waals surface area contributed by atoms with Crippen molar-refractivity contribution in [3.8, 4) is 0 Å². The Morgan fingerprint density at radius 3 is 1.86 bits per heavy atom. The summed E-state index contributed by atoms with van der Waals surface area (Å²) in [5.41, 5.74) is -0.938. The average Bonchev–Trinajstić information content (AvgIpc) is 2.98. The maximum Gasteiger partial charge on any atom is 0.261 e. The normalized spacial score (nSPS) is 24.9. The predicted molar refractivity (Wildman–Crippen MR) is 114 cm³/mol. The molecule has 0 amide bonds. The zero-order chi connectivity index (χ0) is 20.4. The van der Waals surface area contributed by atoms with Crippen LogP contribution in [0.2, 0.25) is 5.04 Å². The van der Waals surface area contributed by atoms with Crippen LogP contribution in [0.1, 0.15) is 27.7 Å². The molecule has 1 aliphatic heterocycles. The van der Waals surface area contributed by atoms with Crippen LogP contribution in [0.3, 0.4) is 0 Å². The van der Waals surface area contributed by atoms with E-state index in [1.54, 1.807) is 0 Å². The summed E-state index contributed by atoms with van der Waals surface area (Å²) in [6.07, 6.45) is -0.713. The Bertz CT molecular complexity index is 726. The van der Waals surface area contributed by atoms with Crippen molar-refractivity contribution in [1.29, 1.82) is 0 Å². The van der Waals surface area contributed by atoms with Gasteiger partial charge in [0.2, 0.25) is 0 Å². The van der Waals surface area contributed by atoms with Crippen LogP contribution < -0.4 is 10.4 Å². The third kappa shape index (κ3) is 4.60. The first-order chi connectivity index (χ1) is 13.3. The fraction of sp³-hybridized carbons (Fsp3) is 0.435. The molecule has 0 aliphatic carbocycles. The Kier molecular flexibility index (Phi) is 8.37. The van der Waals surface area contributed by atoms with Crippen LogP contribution in [0.4, 0.5) is 0 Å². The first kappa shape index (κ1) is 24.8. The van der Waals surface area contributed by atoms with Crippen LogP contribution in [-0.4, -0.2) is 43.4 Å². The van der Waals surface area contributed by atoms with E-state index in [0.717, 1.165) is 0 Å². The van der Waals surface area contributed by atoms with Gasteiger partial charge in [-0.1, -0.05) is 88.4 Å². The molecule has 1 heterocycles. The molecule has 1 aliphatic rings. The number of benzene rings is 2. The second kappa shape index (κ2) is 9.78. The van der Waals surface area contributed by atoms with Crippen LogP contribution in [0, 0.1) is 43.6 Å². The number of aliphatic hydroxyl groups excluding tert-OH is 2. The van der Waals surface area contributed by atoms with Gasteiger partial charge in [0.25, 0.3) is 8.32 Å². The molecular weight excluding hydrogens is 606 g/mol. The van der Waals surface area contributed by atoms with Crippen LogP contribution in [0.5, 0.6) is 0 Å². The number of hydrogen-bond donors (Lipinski definition) is 2. The summed E-state index contributed by atoms with van der Waals surface area (Å²) < 4.78 is 12.7. The van der Waals surface area contributed by atoms with Gasteiger partial charge >= 0.3 is 0 Å². The molecule has 0 bridgehead atoms. The van der Waals surface area contributed by atoms with Gasteiger partial charge in [-0.2, -0.15) is 6.61 Å². The molecule has 2 N–H and O–H groups in total. The molecule has 2 aromatic rings. The van der Waals surface area contributed by atoms with Crippen molar-refractivity contribution in [3.63, 3.8) is 0 Å². The molecule has 4 nitrogen and oxygen atoms in total. The van der Waals surface area contributed by atoms with Gasteiger partial charge in [0.1, 0.15) is 0 Å². The van der Waals surface area contributed by atoms with Crippen LogP contribution in [-0.2, 0) is 9.16 Å². The molecule has 3 rings (SSSR count). The molecule has 156 valence electrons. The quantitative estimate of drug-likeness (QED) is 0.378. The van der Waals surface area contributed by atoms with Crippen molar-refractivity contribution in [2.75, 3.05) is 13.2 Å². The van der Waals surface area contributed by atoms with Crippen molar-refractivity contribution in [3.05, 3.63) is 67.3 Å². The number of hydrogen-bond acceptors (Lipinski definition) is 4. The third-order valence-corrected chi connectivity index (χ3v) is 11.0. The first-order valence-corrected chi connectivity index (χ1v) is 11.7. The molecule has 0 spiro atoms. The van der Waals surface area contributed by atoms with E-state index < -0.39 is 20.0 Å². The average molecular weight is 638 g/mol. The van der Waals surface area contributed by atoms with Crippen molar-refractivity contribution in [1.82, 2.24) is 0 Å². The Labute approximate surface area is 199 Å². The molecular formula is C23H31O4SiU-. The molecule has 1 saturated heterocycles. The minimum atomic E-state index is -2.72. The smallest absolute Gasteiger partial charge is 0.261 e. The number of aliphatic hydroxyl groups is 2. The topological polar surface area (TPSA) is 58.9 Å². The van der Waals surface area contributed by atoms with Crippen LogP contribution >= 0.6 is 0 Å². The van der Waals surface area contributed by atoms with E-state index in [-0.39, 0.29) is 55.3 Å². The van der Waals surface area contributed by atoms with E-state index in [9.17, 15) is 10.2 Å². The Balaban J connectivity index is 0.00000300. The molecule has 2 aromatic carbocycles. The van der Waals surface area contributed by atoms with E-state index in [4.69, 9.17) is 9.16 Å². The standard InChI is InChI=1S/C23H31O4Si.U/c1-18-21(25)15-26-23(18,16-24)17-27-28(22(2,3)4,19-11-7-5-8-12-19)20-13-9-6-10-14-20;/h5-15,18,21,24-25H,16-17H2,1-4H3;/q-1;/t18-,21-,23+;/m0./s1. The maximum atomic E-state index is 10.2. The van der Waals surface area contributed by atoms with Gasteiger partial charge < -0.3 is 19.4 Å². The third-order valence-electron chi connectivity index (χ3n) is 6.00. The van der Waals surface area contributed by atoms with Crippen molar-refractivity contribution in [2.45, 2.75) is 44.4 Å². The molecule has 0 saturated carbocycles. The van der Waals surface area contributed by atoms with Gasteiger partial charge in [0, 0.05) is 31.1 Å². The summed E-state index contributed by atoms with van der Waals surface area (Å²) in [5, 5.41) is 22.5. The second-order valence-electron chi connectivity index (χ2n) is 8.71. The number of rotatable bonds is 6. The minimum Gasteiger partial charge on any atom is -0.541 e. The first-order valence-electron chi connectivity index (χ1n) is 9.82. The van der Waals surface area contributed by atoms with Crippen LogP contribution in [0.15, 0.2) is 60.7 Å². The van der Waals surface area contributed by atoms with E-state index in [0.29, 0.717) is 0 Å². The van der Waals surface area contributed by atoms with Gasteiger partial charge in [-0.15, -0.1) is 0 Å². The van der Waals surface area contributed by atoms with Gasteiger partial charge in [-0.3, -0.25) is 0 Å². The molecule has 0 unspecified atom stereocenters. The second-order valence-corrected chi connectivity index (χ2v) is 13.0. The minimum absolute atomic E-state index is 0. The fourth-order valence-corrected chi connectivity index (χ4v) is 8.74. The van der Waals surface area contributed by atoms with E-state index >= 15 is 0 Å². The maximum absolute atomic E-state index is 10.2. The van der Waals surface area contributed by atoms with Gasteiger partial charge in [-0.05, 0) is 27.4 Å². The van der Waals surface area contributed by atoms with Gasteiger partial charge in [0.05, 0.1) is 18.8 Å². The van der Waals surface area contributed by atoms with E-state index in [1.807, 2.05) is 43.3 Å². The van der Waals surface area contributed by atoms with E-state index in [2.05, 4.69) is 45.0 Å². The van der Waals surface area contributed by atoms with Crippen LogP contribution in [0.25, 0.3) is 0 Å². The van der Waals surface area contributed by atoms with Gasteiger partial charge in [0.15, 0.2) is 0 Å². The zero-order valence-electron chi connectivity index (χ0n) is 17.6. The summed E-state index contributed by atoms with van der Waals surface area (Å²) in [4.78, 5) is 0. The predicted octanol–water partition coefficient (Wildman–Crippen LogP) is 2.48. The van der Waals surface area contributed by atoms with Crippen molar-refractivity contribution in [2.24, 2.45) is 5.92 Å². The summed E-state index contributed by atoms with van der Waals surface area (Å²) in [5.74, 6) is -0.254. The summed E-state index contributed by atoms with van der Waals surface area (Å²) in [7, 11) is -2.72. The molecule has 29 heavy (non-hydrogen) atoms. The van der Waals surface area contributed by atoms with Crippen molar-refractivity contribution >= 4 is 18.7 Å². The largest absolute Gasteiger partial charge is 0.541 e. The summed E-state index contributed by atoms with van der Waals surface area (Å²) in [6, 6.07) is 20.7. The molecule has 1 fully saturated rings. The molecule has 0 radical (unpaired) electrons. The summed E-state index contributed by atoms with van der Waals surface area (Å²) >= 11 is 0. The molecule has 0 aromatic heterocycles. The zero-order valence-corrected chi connectivity index (χ0v) is 22.8. The SMILES string of the molecule is C[C@H]1[C@@H](O)[CH-]O[C@]1(CO)CO[Si](c1ccccc1)(c1ccccc1)C(C)(C)C.[U]. The Morgan fingerprint density at radius 2 is 1.52 bits per heavy atom. The molecule has 3 atom stereocenters. The number of ether oxygens (including phenoxy) is 1.